The van der Waals surface area contributed by atoms with E-state index in [2.05, 4.69) is 13.8 Å². The van der Waals surface area contributed by atoms with Crippen LogP contribution < -0.4 is 9.47 Å². The lowest BCUT2D eigenvalue weighted by atomic mass is 10.2. The molecule has 0 bridgehead atoms. The van der Waals surface area contributed by atoms with Gasteiger partial charge in [0.2, 0.25) is 12.7 Å². The van der Waals surface area contributed by atoms with Crippen LogP contribution in [0.2, 0.25) is 0 Å². The molecule has 0 N–H and O–H groups in total. The molecule has 3 rings (SSSR count). The van der Waals surface area contributed by atoms with Gasteiger partial charge in [0.15, 0.2) is 11.5 Å². The number of allylic oxidation sites excluding steroid dienone is 2. The SMILES string of the molecule is C[C@H]1CC[C@H](C)N1C(=O)/C=C/C=C/c1ccc2c(c1)OCO2. The van der Waals surface area contributed by atoms with Crippen molar-refractivity contribution in [3.8, 4) is 11.5 Å². The Balaban J connectivity index is 1.60. The summed E-state index contributed by atoms with van der Waals surface area (Å²) in [6.45, 7) is 4.50. The van der Waals surface area contributed by atoms with Gasteiger partial charge in [0.05, 0.1) is 0 Å². The monoisotopic (exact) mass is 299 g/mol. The number of benzene rings is 1. The average molecular weight is 299 g/mol. The zero-order valence-electron chi connectivity index (χ0n) is 13.0. The minimum atomic E-state index is 0.0906. The molecule has 1 aromatic carbocycles. The molecule has 4 nitrogen and oxygen atoms in total. The third kappa shape index (κ3) is 3.01. The van der Waals surface area contributed by atoms with E-state index in [-0.39, 0.29) is 12.7 Å². The van der Waals surface area contributed by atoms with Gasteiger partial charge in [-0.3, -0.25) is 4.79 Å². The summed E-state index contributed by atoms with van der Waals surface area (Å²) in [4.78, 5) is 14.2. The molecule has 116 valence electrons. The summed E-state index contributed by atoms with van der Waals surface area (Å²) in [5.41, 5.74) is 1.02. The summed E-state index contributed by atoms with van der Waals surface area (Å²) in [5.74, 6) is 1.63. The largest absolute Gasteiger partial charge is 0.454 e. The van der Waals surface area contributed by atoms with Crippen molar-refractivity contribution in [1.82, 2.24) is 4.90 Å². The first-order valence-electron chi connectivity index (χ1n) is 7.72. The predicted molar refractivity (Wildman–Crippen MR) is 85.7 cm³/mol. The fourth-order valence-electron chi connectivity index (χ4n) is 3.04. The molecule has 2 atom stereocenters. The Morgan fingerprint density at radius 1 is 1.14 bits per heavy atom. The molecule has 2 aliphatic heterocycles. The summed E-state index contributed by atoms with van der Waals surface area (Å²) < 4.78 is 10.6. The van der Waals surface area contributed by atoms with Crippen LogP contribution in [0.25, 0.3) is 6.08 Å². The van der Waals surface area contributed by atoms with Gasteiger partial charge in [0, 0.05) is 18.2 Å². The van der Waals surface area contributed by atoms with Crippen molar-refractivity contribution in [2.75, 3.05) is 6.79 Å². The summed E-state index contributed by atoms with van der Waals surface area (Å²) >= 11 is 0. The number of hydrogen-bond donors (Lipinski definition) is 0. The second-order valence-electron chi connectivity index (χ2n) is 5.85. The maximum Gasteiger partial charge on any atom is 0.247 e. The number of rotatable bonds is 3. The van der Waals surface area contributed by atoms with Crippen LogP contribution >= 0.6 is 0 Å². The lowest BCUT2D eigenvalue weighted by Gasteiger charge is -2.24. The highest BCUT2D eigenvalue weighted by Gasteiger charge is 2.29. The van der Waals surface area contributed by atoms with Crippen LogP contribution in [-0.2, 0) is 4.79 Å². The zero-order chi connectivity index (χ0) is 15.5. The average Bonchev–Trinajstić information content (AvgIpc) is 3.09. The molecule has 2 aliphatic rings. The molecule has 1 aromatic rings. The third-order valence-corrected chi connectivity index (χ3v) is 4.24. The van der Waals surface area contributed by atoms with E-state index in [9.17, 15) is 4.79 Å². The van der Waals surface area contributed by atoms with E-state index in [1.807, 2.05) is 35.3 Å². The maximum absolute atomic E-state index is 12.2. The summed E-state index contributed by atoms with van der Waals surface area (Å²) in [7, 11) is 0. The van der Waals surface area contributed by atoms with E-state index in [1.54, 1.807) is 12.2 Å². The van der Waals surface area contributed by atoms with Crippen molar-refractivity contribution in [2.45, 2.75) is 38.8 Å². The molecular weight excluding hydrogens is 278 g/mol. The molecule has 0 unspecified atom stereocenters. The first-order valence-corrected chi connectivity index (χ1v) is 7.72. The normalized spacial score (nSPS) is 23.8. The Morgan fingerprint density at radius 3 is 2.64 bits per heavy atom. The van der Waals surface area contributed by atoms with Crippen molar-refractivity contribution in [3.05, 3.63) is 42.0 Å². The molecule has 0 aromatic heterocycles. The first-order chi connectivity index (χ1) is 10.6. The summed E-state index contributed by atoms with van der Waals surface area (Å²) in [6.07, 6.45) is 9.44. The van der Waals surface area contributed by atoms with E-state index in [1.165, 1.54) is 0 Å². The van der Waals surface area contributed by atoms with Crippen LogP contribution in [0.1, 0.15) is 32.3 Å². The molecule has 4 heteroatoms. The van der Waals surface area contributed by atoms with Gasteiger partial charge >= 0.3 is 0 Å². The Hall–Kier alpha value is -2.23. The molecular formula is C18H21NO3. The maximum atomic E-state index is 12.2. The number of amides is 1. The van der Waals surface area contributed by atoms with Crippen molar-refractivity contribution >= 4 is 12.0 Å². The van der Waals surface area contributed by atoms with Gasteiger partial charge in [-0.2, -0.15) is 0 Å². The Kier molecular flexibility index (Phi) is 4.18. The molecule has 0 radical (unpaired) electrons. The van der Waals surface area contributed by atoms with Gasteiger partial charge < -0.3 is 14.4 Å². The van der Waals surface area contributed by atoms with Crippen LogP contribution in [0.4, 0.5) is 0 Å². The number of fused-ring (bicyclic) bond motifs is 1. The second-order valence-corrected chi connectivity index (χ2v) is 5.85. The summed E-state index contributed by atoms with van der Waals surface area (Å²) in [6, 6.07) is 6.46. The van der Waals surface area contributed by atoms with E-state index in [0.717, 1.165) is 29.9 Å². The smallest absolute Gasteiger partial charge is 0.247 e. The topological polar surface area (TPSA) is 38.8 Å². The fraction of sp³-hybridized carbons (Fsp3) is 0.389. The van der Waals surface area contributed by atoms with Gasteiger partial charge in [0.25, 0.3) is 0 Å². The van der Waals surface area contributed by atoms with Gasteiger partial charge in [-0.05, 0) is 44.4 Å². The number of carbonyl (C=O) groups is 1. The van der Waals surface area contributed by atoms with Gasteiger partial charge in [0.1, 0.15) is 0 Å². The van der Waals surface area contributed by atoms with Gasteiger partial charge in [-0.15, -0.1) is 0 Å². The molecule has 0 spiro atoms. The van der Waals surface area contributed by atoms with Crippen molar-refractivity contribution in [3.63, 3.8) is 0 Å². The minimum Gasteiger partial charge on any atom is -0.454 e. The molecule has 22 heavy (non-hydrogen) atoms. The number of nitrogens with zero attached hydrogens (tertiary/aromatic N) is 1. The summed E-state index contributed by atoms with van der Waals surface area (Å²) in [5, 5.41) is 0. The molecule has 1 saturated heterocycles. The molecule has 1 amide bonds. The minimum absolute atomic E-state index is 0.0906. The van der Waals surface area contributed by atoms with Crippen LogP contribution in [0, 0.1) is 0 Å². The Labute approximate surface area is 131 Å². The molecule has 0 aliphatic carbocycles. The highest BCUT2D eigenvalue weighted by atomic mass is 16.7. The Morgan fingerprint density at radius 2 is 1.86 bits per heavy atom. The highest BCUT2D eigenvalue weighted by Crippen LogP contribution is 2.32. The number of carbonyl (C=O) groups excluding carboxylic acids is 1. The van der Waals surface area contributed by atoms with Crippen LogP contribution in [0.15, 0.2) is 36.4 Å². The van der Waals surface area contributed by atoms with Crippen molar-refractivity contribution in [1.29, 1.82) is 0 Å². The lowest BCUT2D eigenvalue weighted by molar-refractivity contribution is -0.128. The number of ether oxygens (including phenoxy) is 2. The van der Waals surface area contributed by atoms with Crippen molar-refractivity contribution < 1.29 is 14.3 Å². The fourth-order valence-corrected chi connectivity index (χ4v) is 3.04. The van der Waals surface area contributed by atoms with E-state index >= 15 is 0 Å². The molecule has 2 heterocycles. The van der Waals surface area contributed by atoms with E-state index in [4.69, 9.17) is 9.47 Å². The molecule has 1 fully saturated rings. The second kappa shape index (κ2) is 6.26. The van der Waals surface area contributed by atoms with Crippen molar-refractivity contribution in [2.24, 2.45) is 0 Å². The number of hydrogen-bond acceptors (Lipinski definition) is 3. The van der Waals surface area contributed by atoms with E-state index < -0.39 is 0 Å². The lowest BCUT2D eigenvalue weighted by Crippen LogP contribution is -2.37. The first kappa shape index (κ1) is 14.7. The number of likely N-dealkylation sites (tertiary alicyclic amines) is 1. The van der Waals surface area contributed by atoms with Crippen LogP contribution in [0.5, 0.6) is 11.5 Å². The standard InChI is InChI=1S/C18H21NO3/c1-13-7-8-14(2)19(13)18(20)6-4-3-5-15-9-10-16-17(11-15)22-12-21-16/h3-6,9-11,13-14H,7-8,12H2,1-2H3/b5-3+,6-4+/t13-,14-/m0/s1. The van der Waals surface area contributed by atoms with E-state index in [0.29, 0.717) is 12.1 Å². The van der Waals surface area contributed by atoms with Crippen LogP contribution in [0.3, 0.4) is 0 Å². The predicted octanol–water partition coefficient (Wildman–Crippen LogP) is 3.38. The zero-order valence-corrected chi connectivity index (χ0v) is 13.0. The van der Waals surface area contributed by atoms with Crippen LogP contribution in [-0.4, -0.2) is 29.7 Å². The van der Waals surface area contributed by atoms with Gasteiger partial charge in [-0.1, -0.05) is 24.3 Å². The quantitative estimate of drug-likeness (QED) is 0.634. The highest BCUT2D eigenvalue weighted by molar-refractivity contribution is 5.88. The van der Waals surface area contributed by atoms with Gasteiger partial charge in [-0.25, -0.2) is 0 Å². The Bertz CT molecular complexity index is 611. The third-order valence-electron chi connectivity index (χ3n) is 4.24. The molecule has 0 saturated carbocycles.